The molecule has 18 aromatic rings. The molecule has 140 heavy (non-hydrogen) atoms. The van der Waals surface area contributed by atoms with Gasteiger partial charge in [-0.25, -0.2) is 43.2 Å². The second kappa shape index (κ2) is 44.8. The minimum atomic E-state index is -0.150. The molecule has 3 saturated carbocycles. The van der Waals surface area contributed by atoms with Crippen LogP contribution in [0.5, 0.6) is 0 Å². The maximum Gasteiger partial charge on any atom is 0.237 e. The Morgan fingerprint density at radius 2 is 0.736 bits per heavy atom. The van der Waals surface area contributed by atoms with Gasteiger partial charge in [0.2, 0.25) is 44.3 Å². The molecular weight excluding hydrogens is 1770 g/mol. The van der Waals surface area contributed by atoms with Gasteiger partial charge in [0.1, 0.15) is 18.1 Å². The van der Waals surface area contributed by atoms with Gasteiger partial charge in [0.15, 0.2) is 0 Å². The van der Waals surface area contributed by atoms with Crippen molar-refractivity contribution in [1.29, 1.82) is 10.5 Å². The Hall–Kier alpha value is -17.5. The Morgan fingerprint density at radius 3 is 1.04 bits per heavy atom. The summed E-state index contributed by atoms with van der Waals surface area (Å²) in [6.07, 6.45) is 59.8. The molecular formula is C100H108N34O6. The van der Waals surface area contributed by atoms with Crippen molar-refractivity contribution in [2.75, 3.05) is 45.5 Å². The Bertz CT molecular complexity index is 7260. The first-order chi connectivity index (χ1) is 67.9. The van der Waals surface area contributed by atoms with Crippen LogP contribution >= 0.6 is 0 Å². The molecule has 5 amide bonds. The number of nitriles is 2. The highest BCUT2D eigenvalue weighted by atomic mass is 16.5. The Morgan fingerprint density at radius 1 is 0.421 bits per heavy atom. The van der Waals surface area contributed by atoms with E-state index in [4.69, 9.17) is 23.6 Å². The minimum Gasteiger partial charge on any atom is -0.384 e. The number of aryl methyl sites for hydroxylation is 5. The van der Waals surface area contributed by atoms with Crippen molar-refractivity contribution in [3.05, 3.63) is 236 Å². The van der Waals surface area contributed by atoms with E-state index in [1.165, 1.54) is 44.7 Å². The Balaban J connectivity index is 0.000000128. The van der Waals surface area contributed by atoms with Crippen molar-refractivity contribution < 1.29 is 28.7 Å². The zero-order valence-electron chi connectivity index (χ0n) is 77.7. The second-order valence-electron chi connectivity index (χ2n) is 34.6. The topological polar surface area (TPSA) is 469 Å². The summed E-state index contributed by atoms with van der Waals surface area (Å²) in [4.78, 5) is 61.6. The normalized spacial score (nSPS) is 13.8. The van der Waals surface area contributed by atoms with Crippen LogP contribution in [0.2, 0.25) is 0 Å². The number of amides is 5. The van der Waals surface area contributed by atoms with Gasteiger partial charge in [-0.05, 0) is 175 Å². The number of hydrogen-bond acceptors (Lipinski definition) is 21. The molecule has 18 aromatic heterocycles. The number of nitrogens with one attached hydrogen (secondary N) is 7. The molecule has 0 aliphatic heterocycles. The maximum atomic E-state index is 11.1. The molecule has 18 heterocycles. The highest BCUT2D eigenvalue weighted by Gasteiger charge is 2.33. The van der Waals surface area contributed by atoms with Crippen molar-refractivity contribution in [3.8, 4) is 78.9 Å². The van der Waals surface area contributed by atoms with Gasteiger partial charge < -0.3 is 41.9 Å². The number of aromatic amines is 2. The molecule has 3 aliphatic carbocycles. The third kappa shape index (κ3) is 21.1. The monoisotopic (exact) mass is 1880 g/mol. The quantitative estimate of drug-likeness (QED) is 0.0167. The van der Waals surface area contributed by atoms with Crippen LogP contribution < -0.4 is 32.3 Å². The molecule has 40 heteroatoms. The van der Waals surface area contributed by atoms with E-state index in [0.717, 1.165) is 166 Å². The molecule has 40 nitrogen and oxygen atoms in total. The average molecular weight is 1880 g/mol. The molecule has 0 aromatic carbocycles. The summed E-state index contributed by atoms with van der Waals surface area (Å²) in [5.74, 6) is 2.02. The fraction of sp³-hybridized carbons (Fsp3) is 0.310. The van der Waals surface area contributed by atoms with Gasteiger partial charge in [-0.1, -0.05) is 46.0 Å². The van der Waals surface area contributed by atoms with Crippen LogP contribution in [-0.4, -0.2) is 162 Å². The SMILES string of the molecule is C.CCOC(C)n1cc(-c2c(NC=O)cnn3cc(C)cc23)cn1.Cc1cc2c(-c3cn[nH]c3)c(NC=O)cnn2c1.Cc1cc2c(-c3cn[nH]c3)c(NC=O)cnn2c1.Cc1cc2c(-c3cnn(C(CC#N)C4CCCC4)c3)c(NC=O)cnn2c1.Cc1cc2c(-c3cnn(C(CC#N)C4CCCC4)c3)c(NC=O)cnn2c1.[C-]#[N+]CC(C1CCCC1)n1cc(-c2c([N+]#[C-])cnn3c(N)ccc23)cn1. The summed E-state index contributed by atoms with van der Waals surface area (Å²) < 4.78 is 23.7. The number of rotatable bonds is 28. The molecule has 3 aliphatic rings. The largest absolute Gasteiger partial charge is 0.384 e. The van der Waals surface area contributed by atoms with Crippen molar-refractivity contribution in [3.63, 3.8) is 0 Å². The highest BCUT2D eigenvalue weighted by molar-refractivity contribution is 5.98. The molecule has 4 unspecified atom stereocenters. The number of anilines is 6. The number of nitrogen functional groups attached to an aromatic ring is 1. The zero-order valence-corrected chi connectivity index (χ0v) is 77.7. The Kier molecular flexibility index (Phi) is 31.0. The molecule has 3 fully saturated rings. The van der Waals surface area contributed by atoms with Gasteiger partial charge in [0.25, 0.3) is 0 Å². The fourth-order valence-electron chi connectivity index (χ4n) is 19.2. The van der Waals surface area contributed by atoms with Gasteiger partial charge in [0.05, 0.1) is 180 Å². The zero-order chi connectivity index (χ0) is 97.2. The van der Waals surface area contributed by atoms with Gasteiger partial charge >= 0.3 is 0 Å². The Labute approximate surface area is 805 Å². The van der Waals surface area contributed by atoms with E-state index >= 15 is 0 Å². The molecule has 9 N–H and O–H groups in total. The minimum absolute atomic E-state index is 0. The lowest BCUT2D eigenvalue weighted by Crippen LogP contribution is -2.20. The van der Waals surface area contributed by atoms with E-state index in [-0.39, 0.29) is 31.8 Å². The van der Waals surface area contributed by atoms with Crippen molar-refractivity contribution in [2.24, 2.45) is 17.8 Å². The molecule has 0 bridgehead atoms. The summed E-state index contributed by atoms with van der Waals surface area (Å²) in [7, 11) is 0. The standard InChI is InChI=1S/2C20H22N6O.C19H19N7.C16H19N5O2.2C12H11N5O.CH4/c2*1-14-8-19-20(17(22-13-27)10-24-25(19)11-14)16-9-23-26(12-16)18(6-7-21)15-4-2-3-5-15;1-21-11-17(13-5-3-4-6-13)25-12-14(9-23-25)19-15(22-2)10-24-26-16(19)7-8-18(26)20;1-4-23-12(3)20-9-13(6-18-20)16-14(17-10-22)7-19-21-8-11(2)5-15(16)21;2*1-8-2-11-12(9-3-14-15-4-9)10(13-7-18)5-16-17(11)6-8;/h2*8-13,15,18H,2-6H2,1H3,(H,22,27);7-10,12-13,17H,3-6,11,20H2;5-10,12H,4H2,1-3H3,(H,17,22);2*2-7H,1H3,(H,13,18)(H,14,15);1H4. The van der Waals surface area contributed by atoms with E-state index in [2.05, 4.69) is 120 Å². The summed E-state index contributed by atoms with van der Waals surface area (Å²) in [5.41, 5.74) is 31.2. The van der Waals surface area contributed by atoms with Crippen LogP contribution in [0.25, 0.3) is 110 Å². The molecule has 0 saturated heterocycles. The molecule has 0 spiro atoms. The third-order valence-corrected chi connectivity index (χ3v) is 25.4. The van der Waals surface area contributed by atoms with E-state index in [0.29, 0.717) is 116 Å². The first-order valence-corrected chi connectivity index (χ1v) is 45.8. The van der Waals surface area contributed by atoms with Crippen LogP contribution in [0.4, 0.5) is 39.9 Å². The number of hydrogen-bond donors (Lipinski definition) is 8. The van der Waals surface area contributed by atoms with Crippen LogP contribution in [0.15, 0.2) is 185 Å². The van der Waals surface area contributed by atoms with E-state index in [1.54, 1.807) is 97.0 Å². The van der Waals surface area contributed by atoms with Crippen LogP contribution in [0, 0.1) is 88.2 Å². The van der Waals surface area contributed by atoms with Gasteiger partial charge in [-0.3, -0.25) is 48.2 Å². The number of fused-ring (bicyclic) bond motifs is 6. The third-order valence-electron chi connectivity index (χ3n) is 25.4. The first kappa shape index (κ1) is 97.0. The number of carbonyl (C=O) groups is 5. The van der Waals surface area contributed by atoms with Crippen molar-refractivity contribution >= 4 is 105 Å². The van der Waals surface area contributed by atoms with Crippen LogP contribution in [-0.2, 0) is 28.7 Å². The van der Waals surface area contributed by atoms with Gasteiger partial charge in [-0.15, -0.1) is 0 Å². The van der Waals surface area contributed by atoms with Crippen LogP contribution in [0.3, 0.4) is 0 Å². The number of aromatic nitrogens is 24. The number of nitrogens with two attached hydrogens (primary N) is 1. The molecule has 714 valence electrons. The predicted molar refractivity (Wildman–Crippen MR) is 532 cm³/mol. The van der Waals surface area contributed by atoms with E-state index in [1.807, 2.05) is 176 Å². The first-order valence-electron chi connectivity index (χ1n) is 45.8. The molecule has 21 rings (SSSR count). The maximum absolute atomic E-state index is 11.1. The van der Waals surface area contributed by atoms with Crippen molar-refractivity contribution in [1.82, 2.24) is 117 Å². The average Bonchev–Trinajstić information content (AvgIpc) is 1.62. The van der Waals surface area contributed by atoms with E-state index in [9.17, 15) is 34.5 Å². The fourth-order valence-corrected chi connectivity index (χ4v) is 19.2. The van der Waals surface area contributed by atoms with Gasteiger partial charge in [0, 0.05) is 142 Å². The molecule has 0 radical (unpaired) electrons. The van der Waals surface area contributed by atoms with Crippen LogP contribution in [0.1, 0.15) is 163 Å². The number of nitrogens with zero attached hydrogens (tertiary/aromatic N) is 26. The lowest BCUT2D eigenvalue weighted by Gasteiger charge is -2.21. The molecule has 4 atom stereocenters. The second-order valence-corrected chi connectivity index (χ2v) is 34.6. The number of ether oxygens (including phenoxy) is 1. The highest BCUT2D eigenvalue weighted by Crippen LogP contribution is 2.44. The number of carbonyl (C=O) groups excluding carboxylic acids is 5. The lowest BCUT2D eigenvalue weighted by atomic mass is 9.96. The lowest BCUT2D eigenvalue weighted by molar-refractivity contribution is -0.106. The van der Waals surface area contributed by atoms with Gasteiger partial charge in [-0.2, -0.15) is 71.7 Å². The summed E-state index contributed by atoms with van der Waals surface area (Å²) in [6, 6.07) is 18.7. The summed E-state index contributed by atoms with van der Waals surface area (Å²) in [5, 5.41) is 89.5. The summed E-state index contributed by atoms with van der Waals surface area (Å²) >= 11 is 0. The van der Waals surface area contributed by atoms with E-state index < -0.39 is 0 Å². The summed E-state index contributed by atoms with van der Waals surface area (Å²) in [6.45, 7) is 29.8. The smallest absolute Gasteiger partial charge is 0.237 e. The van der Waals surface area contributed by atoms with Crippen molar-refractivity contribution in [2.45, 2.75) is 170 Å². The number of H-pyrrole nitrogens is 2. The predicted octanol–water partition coefficient (Wildman–Crippen LogP) is 17.9.